The minimum absolute atomic E-state index is 0.0620. The standard InChI is InChI=1S/C17H27N3O2/c1-14(2)17(21)18-8-9-19-10-12-20(13-11-19)15-4-6-16(22-3)7-5-15/h4-7,14H,8-13H2,1-3H3,(H,18,21). The number of ether oxygens (including phenoxy) is 1. The summed E-state index contributed by atoms with van der Waals surface area (Å²) < 4.78 is 5.19. The van der Waals surface area contributed by atoms with E-state index < -0.39 is 0 Å². The van der Waals surface area contributed by atoms with Crippen LogP contribution in [0.15, 0.2) is 24.3 Å². The van der Waals surface area contributed by atoms with E-state index in [0.29, 0.717) is 0 Å². The number of carbonyl (C=O) groups is 1. The molecule has 0 unspecified atom stereocenters. The van der Waals surface area contributed by atoms with Crippen LogP contribution in [0, 0.1) is 5.92 Å². The third-order valence-electron chi connectivity index (χ3n) is 4.06. The summed E-state index contributed by atoms with van der Waals surface area (Å²) in [5.74, 6) is 1.09. The fourth-order valence-corrected chi connectivity index (χ4v) is 2.56. The molecule has 0 atom stereocenters. The fourth-order valence-electron chi connectivity index (χ4n) is 2.56. The largest absolute Gasteiger partial charge is 0.497 e. The Balaban J connectivity index is 1.72. The normalized spacial score (nSPS) is 15.9. The molecule has 2 rings (SSSR count). The van der Waals surface area contributed by atoms with E-state index in [9.17, 15) is 4.79 Å². The maximum atomic E-state index is 11.5. The Morgan fingerprint density at radius 3 is 2.36 bits per heavy atom. The monoisotopic (exact) mass is 305 g/mol. The van der Waals surface area contributed by atoms with Gasteiger partial charge in [0.1, 0.15) is 5.75 Å². The number of nitrogens with one attached hydrogen (secondary N) is 1. The van der Waals surface area contributed by atoms with Gasteiger partial charge in [-0.25, -0.2) is 0 Å². The van der Waals surface area contributed by atoms with Crippen molar-refractivity contribution in [2.45, 2.75) is 13.8 Å². The van der Waals surface area contributed by atoms with Crippen molar-refractivity contribution in [3.63, 3.8) is 0 Å². The molecule has 1 aliphatic rings. The number of amides is 1. The molecular weight excluding hydrogens is 278 g/mol. The van der Waals surface area contributed by atoms with Gasteiger partial charge in [-0.3, -0.25) is 9.69 Å². The van der Waals surface area contributed by atoms with Crippen molar-refractivity contribution in [2.75, 3.05) is 51.3 Å². The van der Waals surface area contributed by atoms with Gasteiger partial charge in [0.2, 0.25) is 5.91 Å². The number of hydrogen-bond donors (Lipinski definition) is 1. The van der Waals surface area contributed by atoms with Crippen molar-refractivity contribution in [2.24, 2.45) is 5.92 Å². The molecule has 1 N–H and O–H groups in total. The Kier molecular flexibility index (Phi) is 6.07. The van der Waals surface area contributed by atoms with Gasteiger partial charge < -0.3 is 15.0 Å². The predicted octanol–water partition coefficient (Wildman–Crippen LogP) is 1.59. The summed E-state index contributed by atoms with van der Waals surface area (Å²) in [7, 11) is 1.69. The van der Waals surface area contributed by atoms with E-state index in [2.05, 4.69) is 27.2 Å². The van der Waals surface area contributed by atoms with E-state index in [1.807, 2.05) is 26.0 Å². The quantitative estimate of drug-likeness (QED) is 0.867. The van der Waals surface area contributed by atoms with Crippen molar-refractivity contribution in [3.8, 4) is 5.75 Å². The van der Waals surface area contributed by atoms with Crippen molar-refractivity contribution >= 4 is 11.6 Å². The first-order valence-corrected chi connectivity index (χ1v) is 7.99. The van der Waals surface area contributed by atoms with Gasteiger partial charge in [0.25, 0.3) is 0 Å². The molecule has 5 nitrogen and oxygen atoms in total. The molecular formula is C17H27N3O2. The Morgan fingerprint density at radius 2 is 1.82 bits per heavy atom. The van der Waals surface area contributed by atoms with Crippen molar-refractivity contribution < 1.29 is 9.53 Å². The SMILES string of the molecule is COc1ccc(N2CCN(CCNC(=O)C(C)C)CC2)cc1. The second-order valence-electron chi connectivity index (χ2n) is 5.97. The summed E-state index contributed by atoms with van der Waals surface area (Å²) in [4.78, 5) is 16.3. The van der Waals surface area contributed by atoms with Gasteiger partial charge in [-0.1, -0.05) is 13.8 Å². The maximum Gasteiger partial charge on any atom is 0.222 e. The Labute approximate surface area is 133 Å². The molecule has 0 aliphatic carbocycles. The lowest BCUT2D eigenvalue weighted by atomic mass is 10.2. The summed E-state index contributed by atoms with van der Waals surface area (Å²) in [5, 5.41) is 2.98. The highest BCUT2D eigenvalue weighted by Gasteiger charge is 2.17. The summed E-state index contributed by atoms with van der Waals surface area (Å²) in [6, 6.07) is 8.22. The van der Waals surface area contributed by atoms with Crippen LogP contribution < -0.4 is 15.0 Å². The van der Waals surface area contributed by atoms with Crippen LogP contribution in [0.25, 0.3) is 0 Å². The van der Waals surface area contributed by atoms with Gasteiger partial charge in [0.05, 0.1) is 7.11 Å². The van der Waals surface area contributed by atoms with Gasteiger partial charge in [0.15, 0.2) is 0 Å². The molecule has 1 heterocycles. The van der Waals surface area contributed by atoms with Crippen LogP contribution in [-0.4, -0.2) is 57.2 Å². The first-order chi connectivity index (χ1) is 10.6. The molecule has 1 amide bonds. The third-order valence-corrected chi connectivity index (χ3v) is 4.06. The van der Waals surface area contributed by atoms with Crippen LogP contribution in [-0.2, 0) is 4.79 Å². The summed E-state index contributed by atoms with van der Waals surface area (Å²) >= 11 is 0. The number of hydrogen-bond acceptors (Lipinski definition) is 4. The minimum Gasteiger partial charge on any atom is -0.497 e. The number of piperazine rings is 1. The first kappa shape index (κ1) is 16.6. The maximum absolute atomic E-state index is 11.5. The summed E-state index contributed by atoms with van der Waals surface area (Å²) in [5.41, 5.74) is 1.24. The highest BCUT2D eigenvalue weighted by Crippen LogP contribution is 2.20. The van der Waals surface area contributed by atoms with Crippen molar-refractivity contribution in [1.82, 2.24) is 10.2 Å². The molecule has 122 valence electrons. The molecule has 1 aromatic carbocycles. The third kappa shape index (κ3) is 4.63. The van der Waals surface area contributed by atoms with E-state index in [1.54, 1.807) is 7.11 Å². The molecule has 0 spiro atoms. The molecule has 0 aromatic heterocycles. The topological polar surface area (TPSA) is 44.8 Å². The minimum atomic E-state index is 0.0620. The van der Waals surface area contributed by atoms with Crippen molar-refractivity contribution in [1.29, 1.82) is 0 Å². The molecule has 0 bridgehead atoms. The van der Waals surface area contributed by atoms with Crippen molar-refractivity contribution in [3.05, 3.63) is 24.3 Å². The highest BCUT2D eigenvalue weighted by atomic mass is 16.5. The zero-order chi connectivity index (χ0) is 15.9. The van der Waals surface area contributed by atoms with Gasteiger partial charge >= 0.3 is 0 Å². The zero-order valence-corrected chi connectivity index (χ0v) is 13.8. The lowest BCUT2D eigenvalue weighted by Crippen LogP contribution is -2.48. The molecule has 0 radical (unpaired) electrons. The van der Waals surface area contributed by atoms with Gasteiger partial charge in [-0.2, -0.15) is 0 Å². The Hall–Kier alpha value is -1.75. The van der Waals surface area contributed by atoms with E-state index in [-0.39, 0.29) is 11.8 Å². The summed E-state index contributed by atoms with van der Waals surface area (Å²) in [6.45, 7) is 9.60. The predicted molar refractivity (Wildman–Crippen MR) is 89.5 cm³/mol. The molecule has 1 fully saturated rings. The fraction of sp³-hybridized carbons (Fsp3) is 0.588. The zero-order valence-electron chi connectivity index (χ0n) is 13.8. The molecule has 1 saturated heterocycles. The van der Waals surface area contributed by atoms with Crippen LogP contribution in [0.4, 0.5) is 5.69 Å². The molecule has 0 saturated carbocycles. The second-order valence-corrected chi connectivity index (χ2v) is 5.97. The van der Waals surface area contributed by atoms with E-state index in [0.717, 1.165) is 45.0 Å². The lowest BCUT2D eigenvalue weighted by molar-refractivity contribution is -0.124. The smallest absolute Gasteiger partial charge is 0.222 e. The lowest BCUT2D eigenvalue weighted by Gasteiger charge is -2.36. The highest BCUT2D eigenvalue weighted by molar-refractivity contribution is 5.77. The van der Waals surface area contributed by atoms with Crippen LogP contribution in [0.3, 0.4) is 0 Å². The van der Waals surface area contributed by atoms with Crippen LogP contribution in [0.5, 0.6) is 5.75 Å². The number of rotatable bonds is 6. The first-order valence-electron chi connectivity index (χ1n) is 7.99. The van der Waals surface area contributed by atoms with E-state index >= 15 is 0 Å². The van der Waals surface area contributed by atoms with Crippen LogP contribution >= 0.6 is 0 Å². The van der Waals surface area contributed by atoms with Gasteiger partial charge in [-0.05, 0) is 24.3 Å². The number of nitrogens with zero attached hydrogens (tertiary/aromatic N) is 2. The molecule has 22 heavy (non-hydrogen) atoms. The average Bonchev–Trinajstić information content (AvgIpc) is 2.55. The number of anilines is 1. The Bertz CT molecular complexity index is 465. The average molecular weight is 305 g/mol. The molecule has 1 aromatic rings. The van der Waals surface area contributed by atoms with Gasteiger partial charge in [-0.15, -0.1) is 0 Å². The number of benzene rings is 1. The van der Waals surface area contributed by atoms with Gasteiger partial charge in [0, 0.05) is 50.9 Å². The summed E-state index contributed by atoms with van der Waals surface area (Å²) in [6.07, 6.45) is 0. The number of methoxy groups -OCH3 is 1. The number of carbonyl (C=O) groups excluding carboxylic acids is 1. The van der Waals surface area contributed by atoms with Crippen LogP contribution in [0.1, 0.15) is 13.8 Å². The molecule has 5 heteroatoms. The Morgan fingerprint density at radius 1 is 1.18 bits per heavy atom. The molecule has 1 aliphatic heterocycles. The second kappa shape index (κ2) is 8.03. The van der Waals surface area contributed by atoms with Crippen LogP contribution in [0.2, 0.25) is 0 Å². The van der Waals surface area contributed by atoms with E-state index in [4.69, 9.17) is 4.74 Å². The van der Waals surface area contributed by atoms with E-state index in [1.165, 1.54) is 5.69 Å².